The second kappa shape index (κ2) is 5.74. The number of nitrogens with zero attached hydrogens (tertiary/aromatic N) is 4. The lowest BCUT2D eigenvalue weighted by molar-refractivity contribution is 0.0779. The zero-order valence-electron chi connectivity index (χ0n) is 10.4. The van der Waals surface area contributed by atoms with Gasteiger partial charge in [0, 0.05) is 26.0 Å². The summed E-state index contributed by atoms with van der Waals surface area (Å²) < 4.78 is 0. The van der Waals surface area contributed by atoms with Gasteiger partial charge in [0.25, 0.3) is 5.91 Å². The SMILES string of the molecule is CN(Cc1cccnc1)C(=O)c1cccc(C#N)n1. The van der Waals surface area contributed by atoms with Gasteiger partial charge >= 0.3 is 0 Å². The minimum atomic E-state index is -0.221. The molecular weight excluding hydrogens is 240 g/mol. The lowest BCUT2D eigenvalue weighted by Gasteiger charge is -2.16. The predicted octanol–water partition coefficient (Wildman–Crippen LogP) is 1.62. The summed E-state index contributed by atoms with van der Waals surface area (Å²) in [5.74, 6) is -0.221. The highest BCUT2D eigenvalue weighted by atomic mass is 16.2. The average Bonchev–Trinajstić information content (AvgIpc) is 2.47. The first-order chi connectivity index (χ1) is 9.20. The number of nitriles is 1. The van der Waals surface area contributed by atoms with Crippen molar-refractivity contribution in [1.82, 2.24) is 14.9 Å². The maximum atomic E-state index is 12.2. The van der Waals surface area contributed by atoms with Crippen LogP contribution < -0.4 is 0 Å². The minimum Gasteiger partial charge on any atom is -0.336 e. The van der Waals surface area contributed by atoms with Gasteiger partial charge in [-0.15, -0.1) is 0 Å². The standard InChI is InChI=1S/C14H12N4O/c1-18(10-11-4-3-7-16-9-11)14(19)13-6-2-5-12(8-15)17-13/h2-7,9H,10H2,1H3. The second-order valence-electron chi connectivity index (χ2n) is 4.04. The fourth-order valence-corrected chi connectivity index (χ4v) is 1.65. The third-order valence-corrected chi connectivity index (χ3v) is 2.57. The molecule has 0 saturated heterocycles. The predicted molar refractivity (Wildman–Crippen MR) is 69.0 cm³/mol. The Morgan fingerprint density at radius 2 is 2.21 bits per heavy atom. The fraction of sp³-hybridized carbons (Fsp3) is 0.143. The normalized spacial score (nSPS) is 9.68. The molecule has 0 aliphatic rings. The molecule has 0 radical (unpaired) electrons. The van der Waals surface area contributed by atoms with Gasteiger partial charge in [0.05, 0.1) is 0 Å². The molecule has 19 heavy (non-hydrogen) atoms. The number of carbonyl (C=O) groups excluding carboxylic acids is 1. The second-order valence-corrected chi connectivity index (χ2v) is 4.04. The smallest absolute Gasteiger partial charge is 0.272 e. The molecule has 0 aromatic carbocycles. The maximum absolute atomic E-state index is 12.2. The topological polar surface area (TPSA) is 69.9 Å². The zero-order valence-corrected chi connectivity index (χ0v) is 10.4. The highest BCUT2D eigenvalue weighted by Gasteiger charge is 2.13. The lowest BCUT2D eigenvalue weighted by Crippen LogP contribution is -2.27. The van der Waals surface area contributed by atoms with Gasteiger partial charge in [-0.1, -0.05) is 12.1 Å². The molecule has 5 nitrogen and oxygen atoms in total. The van der Waals surface area contributed by atoms with Crippen LogP contribution >= 0.6 is 0 Å². The first-order valence-electron chi connectivity index (χ1n) is 5.72. The van der Waals surface area contributed by atoms with E-state index in [1.807, 2.05) is 18.2 Å². The molecule has 0 saturated carbocycles. The molecule has 2 aromatic heterocycles. The van der Waals surface area contributed by atoms with Crippen molar-refractivity contribution in [2.75, 3.05) is 7.05 Å². The molecule has 0 spiro atoms. The van der Waals surface area contributed by atoms with Crippen LogP contribution in [-0.4, -0.2) is 27.8 Å². The van der Waals surface area contributed by atoms with E-state index in [0.29, 0.717) is 6.54 Å². The van der Waals surface area contributed by atoms with E-state index in [1.54, 1.807) is 42.5 Å². The molecule has 0 unspecified atom stereocenters. The van der Waals surface area contributed by atoms with Gasteiger partial charge in [-0.05, 0) is 23.8 Å². The Bertz CT molecular complexity index is 619. The number of aromatic nitrogens is 2. The molecule has 0 atom stereocenters. The number of hydrogen-bond donors (Lipinski definition) is 0. The van der Waals surface area contributed by atoms with E-state index < -0.39 is 0 Å². The average molecular weight is 252 g/mol. The number of amides is 1. The Morgan fingerprint density at radius 1 is 1.37 bits per heavy atom. The Labute approximate surface area is 111 Å². The van der Waals surface area contributed by atoms with Crippen molar-refractivity contribution in [2.24, 2.45) is 0 Å². The zero-order chi connectivity index (χ0) is 13.7. The van der Waals surface area contributed by atoms with Gasteiger partial charge in [0.15, 0.2) is 0 Å². The first kappa shape index (κ1) is 12.7. The Hall–Kier alpha value is -2.74. The molecule has 5 heteroatoms. The molecule has 2 rings (SSSR count). The first-order valence-corrected chi connectivity index (χ1v) is 5.72. The quantitative estimate of drug-likeness (QED) is 0.832. The van der Waals surface area contributed by atoms with Crippen LogP contribution in [0, 0.1) is 11.3 Å². The van der Waals surface area contributed by atoms with E-state index in [4.69, 9.17) is 5.26 Å². The molecule has 2 heterocycles. The molecule has 0 bridgehead atoms. The number of rotatable bonds is 3. The maximum Gasteiger partial charge on any atom is 0.272 e. The van der Waals surface area contributed by atoms with E-state index in [-0.39, 0.29) is 17.3 Å². The van der Waals surface area contributed by atoms with Crippen LogP contribution in [0.2, 0.25) is 0 Å². The van der Waals surface area contributed by atoms with Crippen LogP contribution in [0.15, 0.2) is 42.7 Å². The number of hydrogen-bond acceptors (Lipinski definition) is 4. The molecular formula is C14H12N4O. The summed E-state index contributed by atoms with van der Waals surface area (Å²) in [7, 11) is 1.69. The summed E-state index contributed by atoms with van der Waals surface area (Å²) in [6.45, 7) is 0.450. The highest BCUT2D eigenvalue weighted by molar-refractivity contribution is 5.92. The van der Waals surface area contributed by atoms with E-state index >= 15 is 0 Å². The van der Waals surface area contributed by atoms with Crippen LogP contribution in [-0.2, 0) is 6.54 Å². The summed E-state index contributed by atoms with van der Waals surface area (Å²) in [5, 5.41) is 8.77. The van der Waals surface area contributed by atoms with Crippen LogP contribution in [0.1, 0.15) is 21.7 Å². The summed E-state index contributed by atoms with van der Waals surface area (Å²) in [5.41, 5.74) is 1.45. The van der Waals surface area contributed by atoms with E-state index in [2.05, 4.69) is 9.97 Å². The minimum absolute atomic E-state index is 0.221. The van der Waals surface area contributed by atoms with Crippen LogP contribution in [0.4, 0.5) is 0 Å². The fourth-order valence-electron chi connectivity index (χ4n) is 1.65. The Morgan fingerprint density at radius 3 is 2.89 bits per heavy atom. The van der Waals surface area contributed by atoms with Gasteiger partial charge in [0.2, 0.25) is 0 Å². The van der Waals surface area contributed by atoms with Crippen molar-refractivity contribution in [1.29, 1.82) is 5.26 Å². The van der Waals surface area contributed by atoms with Crippen molar-refractivity contribution in [3.8, 4) is 6.07 Å². The monoisotopic (exact) mass is 252 g/mol. The van der Waals surface area contributed by atoms with Crippen LogP contribution in [0.25, 0.3) is 0 Å². The molecule has 0 N–H and O–H groups in total. The molecule has 94 valence electrons. The summed E-state index contributed by atoms with van der Waals surface area (Å²) in [6, 6.07) is 10.5. The number of pyridine rings is 2. The lowest BCUT2D eigenvalue weighted by atomic mass is 10.2. The van der Waals surface area contributed by atoms with Gasteiger partial charge in [-0.3, -0.25) is 9.78 Å². The molecule has 0 aliphatic heterocycles. The van der Waals surface area contributed by atoms with Crippen molar-refractivity contribution >= 4 is 5.91 Å². The van der Waals surface area contributed by atoms with Gasteiger partial charge in [-0.25, -0.2) is 4.98 Å². The third-order valence-electron chi connectivity index (χ3n) is 2.57. The summed E-state index contributed by atoms with van der Waals surface area (Å²) in [6.07, 6.45) is 3.40. The van der Waals surface area contributed by atoms with Crippen LogP contribution in [0.3, 0.4) is 0 Å². The van der Waals surface area contributed by atoms with Crippen molar-refractivity contribution in [2.45, 2.75) is 6.54 Å². The molecule has 0 aliphatic carbocycles. The molecule has 1 amide bonds. The van der Waals surface area contributed by atoms with Crippen molar-refractivity contribution in [3.63, 3.8) is 0 Å². The third kappa shape index (κ3) is 3.13. The Balaban J connectivity index is 2.13. The van der Waals surface area contributed by atoms with Gasteiger partial charge in [0.1, 0.15) is 17.5 Å². The Kier molecular flexibility index (Phi) is 3.84. The summed E-state index contributed by atoms with van der Waals surface area (Å²) in [4.78, 5) is 21.7. The molecule has 2 aromatic rings. The highest BCUT2D eigenvalue weighted by Crippen LogP contribution is 2.06. The van der Waals surface area contributed by atoms with E-state index in [0.717, 1.165) is 5.56 Å². The van der Waals surface area contributed by atoms with Crippen LogP contribution in [0.5, 0.6) is 0 Å². The van der Waals surface area contributed by atoms with Gasteiger partial charge in [-0.2, -0.15) is 5.26 Å². The van der Waals surface area contributed by atoms with E-state index in [1.165, 1.54) is 0 Å². The van der Waals surface area contributed by atoms with Gasteiger partial charge < -0.3 is 4.90 Å². The largest absolute Gasteiger partial charge is 0.336 e. The van der Waals surface area contributed by atoms with E-state index in [9.17, 15) is 4.79 Å². The molecule has 0 fully saturated rings. The van der Waals surface area contributed by atoms with Crippen molar-refractivity contribution < 1.29 is 4.79 Å². The number of carbonyl (C=O) groups is 1. The van der Waals surface area contributed by atoms with Crippen molar-refractivity contribution in [3.05, 3.63) is 59.7 Å². The summed E-state index contributed by atoms with van der Waals surface area (Å²) >= 11 is 0.